The van der Waals surface area contributed by atoms with E-state index in [1.165, 1.54) is 0 Å². The number of H-pyrrole nitrogens is 1. The van der Waals surface area contributed by atoms with Crippen molar-refractivity contribution < 1.29 is 22.7 Å². The summed E-state index contributed by atoms with van der Waals surface area (Å²) in [5, 5.41) is 11.4. The minimum atomic E-state index is -1.69. The summed E-state index contributed by atoms with van der Waals surface area (Å²) in [6, 6.07) is 1.42. The zero-order valence-electron chi connectivity index (χ0n) is 25.6. The molecule has 1 amide bonds. The van der Waals surface area contributed by atoms with Gasteiger partial charge in [-0.2, -0.15) is 15.1 Å². The second-order valence-corrected chi connectivity index (χ2v) is 14.4. The van der Waals surface area contributed by atoms with E-state index in [2.05, 4.69) is 30.4 Å². The second-order valence-electron chi connectivity index (χ2n) is 14.0. The number of ether oxygens (including phenoxy) is 1. The molecule has 3 saturated heterocycles. The van der Waals surface area contributed by atoms with Crippen LogP contribution < -0.4 is 15.0 Å². The molecule has 6 aliphatic rings. The van der Waals surface area contributed by atoms with Crippen molar-refractivity contribution in [3.05, 3.63) is 34.9 Å². The summed E-state index contributed by atoms with van der Waals surface area (Å²) in [5.41, 5.74) is 1.26. The maximum atomic E-state index is 17.0. The highest BCUT2D eigenvalue weighted by Crippen LogP contribution is 2.48. The summed E-state index contributed by atoms with van der Waals surface area (Å²) in [6.07, 6.45) is 4.20. The first-order valence-electron chi connectivity index (χ1n) is 16.5. The first-order valence-corrected chi connectivity index (χ1v) is 16.9. The SMILES string of the molecule is O=C1N[C@H]2CN(C[C@H]3C[C@H]32)c2nc(OC[C@@]34CCCN3C[C@H](F)C4)nc3c(F)c(ncc23)-c2c(c(Cl)cc3[nH]ncc23)CCC[C@@H]1F. The number of carbonyl (C=O) groups is 1. The number of nitrogens with zero attached hydrogens (tertiary/aromatic N) is 6. The van der Waals surface area contributed by atoms with E-state index in [4.69, 9.17) is 21.3 Å². The summed E-state index contributed by atoms with van der Waals surface area (Å²) in [6.45, 7) is 2.40. The van der Waals surface area contributed by atoms with Gasteiger partial charge in [0.2, 0.25) is 0 Å². The van der Waals surface area contributed by atoms with E-state index in [0.717, 1.165) is 25.8 Å². The van der Waals surface area contributed by atoms with Crippen LogP contribution >= 0.6 is 11.6 Å². The number of nitrogens with one attached hydrogen (secondary N) is 2. The van der Waals surface area contributed by atoms with Crippen LogP contribution in [0.25, 0.3) is 33.1 Å². The molecule has 4 aromatic rings. The number of pyridine rings is 1. The van der Waals surface area contributed by atoms with Crippen molar-refractivity contribution in [2.24, 2.45) is 11.8 Å². The molecule has 8 heterocycles. The third-order valence-corrected chi connectivity index (χ3v) is 11.4. The number of hydrogen-bond acceptors (Lipinski definition) is 8. The monoisotopic (exact) mass is 666 g/mol. The van der Waals surface area contributed by atoms with E-state index in [1.54, 1.807) is 18.5 Å². The Labute approximate surface area is 273 Å². The van der Waals surface area contributed by atoms with Crippen molar-refractivity contribution in [1.82, 2.24) is 35.4 Å². The molecule has 4 fully saturated rings. The van der Waals surface area contributed by atoms with Crippen LogP contribution in [0.15, 0.2) is 18.5 Å². The van der Waals surface area contributed by atoms with Crippen LogP contribution in [-0.4, -0.2) is 92.7 Å². The zero-order chi connectivity index (χ0) is 32.0. The van der Waals surface area contributed by atoms with Gasteiger partial charge in [-0.25, -0.2) is 13.2 Å². The van der Waals surface area contributed by atoms with Gasteiger partial charge in [-0.1, -0.05) is 11.6 Å². The van der Waals surface area contributed by atoms with Gasteiger partial charge in [-0.3, -0.25) is 19.8 Å². The Kier molecular flexibility index (Phi) is 6.83. The molecule has 0 radical (unpaired) electrons. The summed E-state index contributed by atoms with van der Waals surface area (Å²) in [4.78, 5) is 31.3. The first-order chi connectivity index (χ1) is 22.8. The van der Waals surface area contributed by atoms with E-state index in [0.29, 0.717) is 77.2 Å². The van der Waals surface area contributed by atoms with Crippen molar-refractivity contribution in [3.63, 3.8) is 0 Å². The van der Waals surface area contributed by atoms with Gasteiger partial charge in [-0.15, -0.1) is 0 Å². The van der Waals surface area contributed by atoms with Crippen LogP contribution in [0, 0.1) is 17.7 Å². The highest BCUT2D eigenvalue weighted by atomic mass is 35.5. The minimum absolute atomic E-state index is 0.00435. The number of amides is 1. The lowest BCUT2D eigenvalue weighted by atomic mass is 9.94. The van der Waals surface area contributed by atoms with Crippen LogP contribution in [0.4, 0.5) is 19.0 Å². The summed E-state index contributed by atoms with van der Waals surface area (Å²) < 4.78 is 53.1. The minimum Gasteiger partial charge on any atom is -0.461 e. The van der Waals surface area contributed by atoms with Crippen LogP contribution in [0.2, 0.25) is 5.02 Å². The standard InChI is InChI=1S/C33H34ClF3N8O2/c34-22-8-24-20(11-39-43-24)26-18(22)3-1-4-23(36)31(46)40-25-14-44(12-16-7-19(16)25)30-21-10-38-29(26)27(37)28(21)41-32(42-30)47-15-33-5-2-6-45(33)13-17(35)9-33/h8,10-11,16-17,19,23,25H,1-7,9,12-15H2,(H,39,43)(H,40,46)/t16-,17-,19-,23+,25+,33+/m1/s1. The molecule has 14 heteroatoms. The fourth-order valence-corrected chi connectivity index (χ4v) is 8.96. The molecule has 10 nitrogen and oxygen atoms in total. The number of carbonyl (C=O) groups excluding carboxylic acids is 1. The van der Waals surface area contributed by atoms with E-state index in [9.17, 15) is 9.18 Å². The number of anilines is 1. The number of aromatic amines is 1. The van der Waals surface area contributed by atoms with Crippen LogP contribution in [-0.2, 0) is 11.2 Å². The number of piperidine rings is 1. The van der Waals surface area contributed by atoms with Crippen LogP contribution in [0.1, 0.15) is 44.1 Å². The first kappa shape index (κ1) is 29.4. The fourth-order valence-electron chi connectivity index (χ4n) is 8.66. The van der Waals surface area contributed by atoms with Crippen molar-refractivity contribution in [3.8, 4) is 17.3 Å². The predicted octanol–water partition coefficient (Wildman–Crippen LogP) is 4.93. The number of alkyl halides is 2. The lowest BCUT2D eigenvalue weighted by molar-refractivity contribution is -0.127. The average molecular weight is 667 g/mol. The molecule has 47 heavy (non-hydrogen) atoms. The quantitative estimate of drug-likeness (QED) is 0.317. The van der Waals surface area contributed by atoms with Crippen molar-refractivity contribution in [2.45, 2.75) is 68.9 Å². The molecular weight excluding hydrogens is 633 g/mol. The molecule has 5 aliphatic heterocycles. The normalized spacial score (nSPS) is 30.5. The maximum absolute atomic E-state index is 17.0. The Morgan fingerprint density at radius 3 is 2.91 bits per heavy atom. The summed E-state index contributed by atoms with van der Waals surface area (Å²) in [5.74, 6) is -0.312. The number of halogens is 4. The van der Waals surface area contributed by atoms with Crippen molar-refractivity contribution in [1.29, 1.82) is 0 Å². The van der Waals surface area contributed by atoms with Gasteiger partial charge in [0.05, 0.1) is 22.6 Å². The van der Waals surface area contributed by atoms with Crippen LogP contribution in [0.5, 0.6) is 6.01 Å². The Balaban J connectivity index is 1.21. The smallest absolute Gasteiger partial charge is 0.319 e. The summed E-state index contributed by atoms with van der Waals surface area (Å²) >= 11 is 6.76. The molecule has 1 saturated carbocycles. The molecular formula is C33H34ClF3N8O2. The molecule has 246 valence electrons. The Morgan fingerprint density at radius 2 is 2.02 bits per heavy atom. The number of rotatable bonds is 3. The Morgan fingerprint density at radius 1 is 1.13 bits per heavy atom. The largest absolute Gasteiger partial charge is 0.461 e. The average Bonchev–Trinajstić information content (AvgIpc) is 3.34. The molecule has 6 bridgehead atoms. The van der Waals surface area contributed by atoms with Gasteiger partial charge in [0.25, 0.3) is 5.91 Å². The van der Waals surface area contributed by atoms with Gasteiger partial charge >= 0.3 is 6.01 Å². The lowest BCUT2D eigenvalue weighted by Crippen LogP contribution is -2.51. The molecule has 3 aromatic heterocycles. The Bertz CT molecular complexity index is 1930. The van der Waals surface area contributed by atoms with Gasteiger partial charge in [0.1, 0.15) is 29.8 Å². The van der Waals surface area contributed by atoms with Gasteiger partial charge in [0, 0.05) is 54.3 Å². The number of fused-ring (bicyclic) bond motifs is 9. The molecule has 6 atom stereocenters. The molecule has 0 unspecified atom stereocenters. The molecule has 10 rings (SSSR count). The lowest BCUT2D eigenvalue weighted by Gasteiger charge is -2.35. The molecule has 1 aromatic carbocycles. The van der Waals surface area contributed by atoms with E-state index >= 15 is 8.78 Å². The topological polar surface area (TPSA) is 112 Å². The molecule has 0 spiro atoms. The van der Waals surface area contributed by atoms with E-state index in [1.807, 2.05) is 4.90 Å². The van der Waals surface area contributed by atoms with Crippen molar-refractivity contribution in [2.75, 3.05) is 37.7 Å². The van der Waals surface area contributed by atoms with Gasteiger partial charge in [-0.05, 0) is 68.5 Å². The Hall–Kier alpha value is -3.71. The predicted molar refractivity (Wildman–Crippen MR) is 170 cm³/mol. The van der Waals surface area contributed by atoms with Gasteiger partial charge < -0.3 is 15.0 Å². The number of aromatic nitrogens is 5. The van der Waals surface area contributed by atoms with E-state index < -0.39 is 29.6 Å². The second kappa shape index (κ2) is 10.9. The number of benzene rings is 1. The number of hydrogen-bond donors (Lipinski definition) is 2. The third-order valence-electron chi connectivity index (χ3n) is 11.1. The molecule has 2 N–H and O–H groups in total. The summed E-state index contributed by atoms with van der Waals surface area (Å²) in [7, 11) is 0. The highest BCUT2D eigenvalue weighted by Gasteiger charge is 2.51. The van der Waals surface area contributed by atoms with Crippen LogP contribution in [0.3, 0.4) is 0 Å². The molecule has 1 aliphatic carbocycles. The highest BCUT2D eigenvalue weighted by molar-refractivity contribution is 6.33. The van der Waals surface area contributed by atoms with Crippen molar-refractivity contribution >= 4 is 45.1 Å². The third kappa shape index (κ3) is 4.82. The zero-order valence-corrected chi connectivity index (χ0v) is 26.4. The maximum Gasteiger partial charge on any atom is 0.319 e. The van der Waals surface area contributed by atoms with E-state index in [-0.39, 0.29) is 48.1 Å². The fraction of sp³-hybridized carbons (Fsp3) is 0.545. The van der Waals surface area contributed by atoms with Gasteiger partial charge in [0.15, 0.2) is 12.0 Å².